The first-order valence-electron chi connectivity index (χ1n) is 8.00. The summed E-state index contributed by atoms with van der Waals surface area (Å²) in [5, 5.41) is 10.4. The van der Waals surface area contributed by atoms with E-state index in [2.05, 4.69) is 19.1 Å². The topological polar surface area (TPSA) is 29.5 Å². The van der Waals surface area contributed by atoms with Crippen LogP contribution in [-0.4, -0.2) is 18.3 Å². The molecule has 0 amide bonds. The maximum atomic E-state index is 10.4. The normalized spacial score (nSPS) is 18.6. The Morgan fingerprint density at radius 3 is 2.55 bits per heavy atom. The Kier molecular flexibility index (Phi) is 5.90. The summed E-state index contributed by atoms with van der Waals surface area (Å²) in [7, 11) is 1.70. The molecule has 1 unspecified atom stereocenters. The Hall–Kier alpha value is -1.02. The molecule has 1 aliphatic carbocycles. The van der Waals surface area contributed by atoms with Crippen LogP contribution in [0.15, 0.2) is 18.2 Å². The first-order valence-corrected chi connectivity index (χ1v) is 8.00. The van der Waals surface area contributed by atoms with Gasteiger partial charge in [-0.15, -0.1) is 0 Å². The van der Waals surface area contributed by atoms with Crippen LogP contribution in [0.5, 0.6) is 5.75 Å². The van der Waals surface area contributed by atoms with Gasteiger partial charge < -0.3 is 9.84 Å². The summed E-state index contributed by atoms with van der Waals surface area (Å²) in [5.74, 6) is 1.61. The summed E-state index contributed by atoms with van der Waals surface area (Å²) in [6, 6.07) is 6.19. The van der Waals surface area contributed by atoms with Crippen molar-refractivity contribution < 1.29 is 9.84 Å². The molecule has 1 atom stereocenters. The van der Waals surface area contributed by atoms with Crippen LogP contribution in [0.2, 0.25) is 0 Å². The lowest BCUT2D eigenvalue weighted by Crippen LogP contribution is -2.16. The van der Waals surface area contributed by atoms with Crippen molar-refractivity contribution in [2.75, 3.05) is 7.11 Å². The van der Waals surface area contributed by atoms with E-state index in [0.29, 0.717) is 12.3 Å². The van der Waals surface area contributed by atoms with Gasteiger partial charge in [0.05, 0.1) is 13.2 Å². The molecule has 112 valence electrons. The Morgan fingerprint density at radius 1 is 1.20 bits per heavy atom. The molecular formula is C18H28O2. The van der Waals surface area contributed by atoms with E-state index in [-0.39, 0.29) is 6.10 Å². The SMILES string of the molecule is COc1ccc(C)cc1CC(O)CC1CCCCCC1. The van der Waals surface area contributed by atoms with Crippen molar-refractivity contribution in [3.05, 3.63) is 29.3 Å². The number of hydrogen-bond donors (Lipinski definition) is 1. The molecule has 0 heterocycles. The van der Waals surface area contributed by atoms with Crippen molar-refractivity contribution in [3.8, 4) is 5.75 Å². The summed E-state index contributed by atoms with van der Waals surface area (Å²) in [4.78, 5) is 0. The molecule has 1 aliphatic rings. The third-order valence-electron chi connectivity index (χ3n) is 4.47. The first kappa shape index (κ1) is 15.4. The van der Waals surface area contributed by atoms with Crippen LogP contribution in [0, 0.1) is 12.8 Å². The maximum absolute atomic E-state index is 10.4. The molecule has 0 spiro atoms. The minimum Gasteiger partial charge on any atom is -0.496 e. The number of aryl methyl sites for hydroxylation is 1. The van der Waals surface area contributed by atoms with Gasteiger partial charge in [0, 0.05) is 6.42 Å². The van der Waals surface area contributed by atoms with Gasteiger partial charge in [0.1, 0.15) is 5.75 Å². The monoisotopic (exact) mass is 276 g/mol. The number of hydrogen-bond acceptors (Lipinski definition) is 2. The van der Waals surface area contributed by atoms with Gasteiger partial charge in [-0.3, -0.25) is 0 Å². The fourth-order valence-corrected chi connectivity index (χ4v) is 3.39. The second-order valence-corrected chi connectivity index (χ2v) is 6.27. The summed E-state index contributed by atoms with van der Waals surface area (Å²) >= 11 is 0. The Bertz CT molecular complexity index is 406. The molecule has 0 radical (unpaired) electrons. The van der Waals surface area contributed by atoms with Gasteiger partial charge in [0.2, 0.25) is 0 Å². The van der Waals surface area contributed by atoms with Gasteiger partial charge in [-0.1, -0.05) is 56.2 Å². The highest BCUT2D eigenvalue weighted by atomic mass is 16.5. The van der Waals surface area contributed by atoms with Crippen molar-refractivity contribution in [1.29, 1.82) is 0 Å². The number of methoxy groups -OCH3 is 1. The molecule has 0 aromatic heterocycles. The van der Waals surface area contributed by atoms with Crippen molar-refractivity contribution in [1.82, 2.24) is 0 Å². The van der Waals surface area contributed by atoms with Crippen LogP contribution < -0.4 is 4.74 Å². The van der Waals surface area contributed by atoms with Crippen molar-refractivity contribution in [2.45, 2.75) is 64.4 Å². The van der Waals surface area contributed by atoms with Crippen molar-refractivity contribution in [3.63, 3.8) is 0 Å². The highest BCUT2D eigenvalue weighted by molar-refractivity contribution is 5.37. The van der Waals surface area contributed by atoms with E-state index in [0.717, 1.165) is 17.7 Å². The molecule has 20 heavy (non-hydrogen) atoms. The average molecular weight is 276 g/mol. The Balaban J connectivity index is 1.93. The Morgan fingerprint density at radius 2 is 1.90 bits per heavy atom. The van der Waals surface area contributed by atoms with E-state index in [9.17, 15) is 5.11 Å². The fourth-order valence-electron chi connectivity index (χ4n) is 3.39. The summed E-state index contributed by atoms with van der Waals surface area (Å²) < 4.78 is 5.40. The lowest BCUT2D eigenvalue weighted by atomic mass is 9.91. The molecule has 1 saturated carbocycles. The summed E-state index contributed by atoms with van der Waals surface area (Å²) in [5.41, 5.74) is 2.36. The number of aliphatic hydroxyl groups is 1. The van der Waals surface area contributed by atoms with E-state index in [1.54, 1.807) is 7.11 Å². The third kappa shape index (κ3) is 4.52. The molecule has 2 rings (SSSR count). The van der Waals surface area contributed by atoms with Gasteiger partial charge in [-0.05, 0) is 30.9 Å². The highest BCUT2D eigenvalue weighted by Crippen LogP contribution is 2.28. The van der Waals surface area contributed by atoms with Crippen LogP contribution in [0.4, 0.5) is 0 Å². The van der Waals surface area contributed by atoms with Crippen molar-refractivity contribution >= 4 is 0 Å². The lowest BCUT2D eigenvalue weighted by molar-refractivity contribution is 0.137. The van der Waals surface area contributed by atoms with E-state index in [4.69, 9.17) is 4.74 Å². The lowest BCUT2D eigenvalue weighted by Gasteiger charge is -2.19. The Labute approximate surface area is 123 Å². The largest absolute Gasteiger partial charge is 0.496 e. The molecule has 1 fully saturated rings. The molecule has 1 N–H and O–H groups in total. The minimum absolute atomic E-state index is 0.242. The second-order valence-electron chi connectivity index (χ2n) is 6.27. The summed E-state index contributed by atoms with van der Waals surface area (Å²) in [6.45, 7) is 2.08. The molecule has 0 saturated heterocycles. The van der Waals surface area contributed by atoms with Gasteiger partial charge in [-0.2, -0.15) is 0 Å². The standard InChI is InChI=1S/C18H28O2/c1-14-9-10-18(20-2)16(11-14)13-17(19)12-15-7-5-3-4-6-8-15/h9-11,15,17,19H,3-8,12-13H2,1-2H3. The maximum Gasteiger partial charge on any atom is 0.122 e. The number of aliphatic hydroxyl groups excluding tert-OH is 1. The number of rotatable bonds is 5. The first-order chi connectivity index (χ1) is 9.69. The van der Waals surface area contributed by atoms with Crippen LogP contribution in [0.1, 0.15) is 56.1 Å². The van der Waals surface area contributed by atoms with E-state index in [1.807, 2.05) is 6.07 Å². The molecule has 1 aromatic carbocycles. The van der Waals surface area contributed by atoms with E-state index in [1.165, 1.54) is 44.1 Å². The number of benzene rings is 1. The van der Waals surface area contributed by atoms with Gasteiger partial charge in [0.15, 0.2) is 0 Å². The quantitative estimate of drug-likeness (QED) is 0.814. The predicted molar refractivity (Wildman–Crippen MR) is 83.3 cm³/mol. The fraction of sp³-hybridized carbons (Fsp3) is 0.667. The zero-order valence-electron chi connectivity index (χ0n) is 12.9. The molecule has 0 bridgehead atoms. The number of ether oxygens (including phenoxy) is 1. The van der Waals surface area contributed by atoms with Crippen LogP contribution in [0.3, 0.4) is 0 Å². The average Bonchev–Trinajstić information content (AvgIpc) is 2.67. The molecule has 2 heteroatoms. The van der Waals surface area contributed by atoms with E-state index >= 15 is 0 Å². The summed E-state index contributed by atoms with van der Waals surface area (Å²) in [6.07, 6.45) is 9.42. The molecule has 2 nitrogen and oxygen atoms in total. The highest BCUT2D eigenvalue weighted by Gasteiger charge is 2.18. The van der Waals surface area contributed by atoms with Crippen LogP contribution in [0.25, 0.3) is 0 Å². The van der Waals surface area contributed by atoms with E-state index < -0.39 is 0 Å². The van der Waals surface area contributed by atoms with Gasteiger partial charge >= 0.3 is 0 Å². The zero-order valence-corrected chi connectivity index (χ0v) is 12.9. The zero-order chi connectivity index (χ0) is 14.4. The minimum atomic E-state index is -0.242. The van der Waals surface area contributed by atoms with Gasteiger partial charge in [-0.25, -0.2) is 0 Å². The van der Waals surface area contributed by atoms with Crippen LogP contribution in [-0.2, 0) is 6.42 Å². The van der Waals surface area contributed by atoms with Crippen LogP contribution >= 0.6 is 0 Å². The van der Waals surface area contributed by atoms with Crippen molar-refractivity contribution in [2.24, 2.45) is 5.92 Å². The molecule has 1 aromatic rings. The third-order valence-corrected chi connectivity index (χ3v) is 4.47. The molecular weight excluding hydrogens is 248 g/mol. The molecule has 0 aliphatic heterocycles. The second kappa shape index (κ2) is 7.68. The predicted octanol–water partition coefficient (Wildman–Crippen LogP) is 4.27. The smallest absolute Gasteiger partial charge is 0.122 e. The van der Waals surface area contributed by atoms with Gasteiger partial charge in [0.25, 0.3) is 0 Å².